The predicted octanol–water partition coefficient (Wildman–Crippen LogP) is 0.539. The first-order valence-electron chi connectivity index (χ1n) is 6.97. The summed E-state index contributed by atoms with van der Waals surface area (Å²) in [5.74, 6) is 2.16. The number of hydrogen-bond donors (Lipinski definition) is 7. The summed E-state index contributed by atoms with van der Waals surface area (Å²) < 4.78 is 0. The average Bonchev–Trinajstić information content (AvgIpc) is 2.43. The van der Waals surface area contributed by atoms with Crippen LogP contribution in [0.25, 0.3) is 0 Å². The van der Waals surface area contributed by atoms with E-state index in [1.165, 1.54) is 0 Å². The molecule has 7 heteroatoms. The second-order valence-electron chi connectivity index (χ2n) is 6.48. The molecule has 0 saturated carbocycles. The van der Waals surface area contributed by atoms with Crippen molar-refractivity contribution in [3.05, 3.63) is 0 Å². The third-order valence-corrected chi connectivity index (χ3v) is 5.29. The molecule has 3 atom stereocenters. The van der Waals surface area contributed by atoms with Gasteiger partial charge in [-0.25, -0.2) is 0 Å². The van der Waals surface area contributed by atoms with E-state index in [0.717, 1.165) is 18.7 Å². The van der Waals surface area contributed by atoms with Gasteiger partial charge in [0.25, 0.3) is 0 Å². The van der Waals surface area contributed by atoms with Crippen molar-refractivity contribution in [2.75, 3.05) is 36.9 Å². The number of nitrogens with two attached hydrogens (primary N) is 2. The minimum Gasteiger partial charge on any atom is -0.329 e. The Morgan fingerprint density at radius 3 is 1.85 bits per heavy atom. The molecule has 6 N–H and O–H groups in total. The van der Waals surface area contributed by atoms with Gasteiger partial charge in [0.1, 0.15) is 0 Å². The molecule has 0 bridgehead atoms. The van der Waals surface area contributed by atoms with E-state index in [4.69, 9.17) is 11.5 Å². The van der Waals surface area contributed by atoms with Gasteiger partial charge in [-0.1, -0.05) is 0 Å². The van der Waals surface area contributed by atoms with Crippen LogP contribution in [0, 0.1) is 0 Å². The molecule has 0 rings (SSSR count). The molecule has 122 valence electrons. The van der Waals surface area contributed by atoms with Gasteiger partial charge in [0.2, 0.25) is 0 Å². The normalized spacial score (nSPS) is 21.0. The zero-order valence-electron chi connectivity index (χ0n) is 12.9. The van der Waals surface area contributed by atoms with Crippen molar-refractivity contribution in [1.82, 2.24) is 10.6 Å². The van der Waals surface area contributed by atoms with Gasteiger partial charge in [0, 0.05) is 47.8 Å². The van der Waals surface area contributed by atoms with Gasteiger partial charge in [-0.05, 0) is 32.9 Å². The Balaban J connectivity index is 4.50. The van der Waals surface area contributed by atoms with Crippen LogP contribution in [0.1, 0.15) is 27.2 Å². The smallest absolute Gasteiger partial charge is 0.0367 e. The fraction of sp³-hybridized carbons (Fsp3) is 1.00. The summed E-state index contributed by atoms with van der Waals surface area (Å²) in [6.45, 7) is 8.32. The minimum atomic E-state index is -0.324. The largest absolute Gasteiger partial charge is 0.329 e. The van der Waals surface area contributed by atoms with Crippen LogP contribution in [-0.4, -0.2) is 53.5 Å². The first-order valence-corrected chi connectivity index (χ1v) is 8.87. The van der Waals surface area contributed by atoms with Crippen molar-refractivity contribution in [3.63, 3.8) is 0 Å². The Labute approximate surface area is 140 Å². The van der Waals surface area contributed by atoms with E-state index in [1.54, 1.807) is 0 Å². The molecular weight excluding hydrogens is 308 g/mol. The maximum Gasteiger partial charge on any atom is 0.0367 e. The van der Waals surface area contributed by atoms with Crippen molar-refractivity contribution in [3.8, 4) is 0 Å². The zero-order valence-corrected chi connectivity index (χ0v) is 15.6. The highest BCUT2D eigenvalue weighted by atomic mass is 32.1. The van der Waals surface area contributed by atoms with Crippen LogP contribution < -0.4 is 22.1 Å². The van der Waals surface area contributed by atoms with Gasteiger partial charge in [0.05, 0.1) is 0 Å². The van der Waals surface area contributed by atoms with E-state index < -0.39 is 0 Å². The molecule has 0 aromatic heterocycles. The van der Waals surface area contributed by atoms with E-state index in [-0.39, 0.29) is 16.6 Å². The van der Waals surface area contributed by atoms with Gasteiger partial charge in [0.15, 0.2) is 0 Å². The second kappa shape index (κ2) is 9.12. The van der Waals surface area contributed by atoms with Gasteiger partial charge in [-0.3, -0.25) is 0 Å². The van der Waals surface area contributed by atoms with Crippen molar-refractivity contribution >= 4 is 37.9 Å². The summed E-state index contributed by atoms with van der Waals surface area (Å²) in [7, 11) is 0. The molecule has 0 radical (unpaired) electrons. The van der Waals surface area contributed by atoms with Gasteiger partial charge < -0.3 is 22.1 Å². The lowest BCUT2D eigenvalue weighted by Gasteiger charge is -2.38. The SMILES string of the molecule is CC(N)(CS)CN[C@@](C)(CS)CNC(C)(CN)CCS. The van der Waals surface area contributed by atoms with Crippen LogP contribution in [0.3, 0.4) is 0 Å². The van der Waals surface area contributed by atoms with Gasteiger partial charge in [-0.15, -0.1) is 0 Å². The Hall–Kier alpha value is 0.890. The second-order valence-corrected chi connectivity index (χ2v) is 7.56. The van der Waals surface area contributed by atoms with Crippen molar-refractivity contribution in [1.29, 1.82) is 0 Å². The van der Waals surface area contributed by atoms with Gasteiger partial charge >= 0.3 is 0 Å². The Morgan fingerprint density at radius 2 is 1.45 bits per heavy atom. The maximum atomic E-state index is 6.12. The average molecular weight is 341 g/mol. The predicted molar refractivity (Wildman–Crippen MR) is 101 cm³/mol. The first kappa shape index (κ1) is 20.9. The summed E-state index contributed by atoms with van der Waals surface area (Å²) in [4.78, 5) is 0. The third kappa shape index (κ3) is 7.77. The van der Waals surface area contributed by atoms with Gasteiger partial charge in [-0.2, -0.15) is 37.9 Å². The standard InChI is InChI=1S/C13H32N4S3/c1-11(15,9-19)7-16-13(3,10-20)8-17-12(2,6-14)4-5-18/h16-20H,4-10,14-15H2,1-3H3/t11?,12?,13-/m1/s1. The molecule has 0 fully saturated rings. The van der Waals surface area contributed by atoms with Crippen molar-refractivity contribution in [2.24, 2.45) is 11.5 Å². The molecule has 0 aromatic rings. The number of thiol groups is 3. The maximum absolute atomic E-state index is 6.12. The minimum absolute atomic E-state index is 0.0940. The molecule has 0 saturated heterocycles. The highest BCUT2D eigenvalue weighted by Crippen LogP contribution is 2.13. The van der Waals surface area contributed by atoms with Crippen LogP contribution in [0.15, 0.2) is 0 Å². The lowest BCUT2D eigenvalue weighted by Crippen LogP contribution is -2.62. The highest BCUT2D eigenvalue weighted by molar-refractivity contribution is 7.80. The van der Waals surface area contributed by atoms with Crippen molar-refractivity contribution in [2.45, 2.75) is 43.8 Å². The quantitative estimate of drug-likeness (QED) is 0.280. The van der Waals surface area contributed by atoms with E-state index >= 15 is 0 Å². The van der Waals surface area contributed by atoms with Crippen LogP contribution in [0.2, 0.25) is 0 Å². The van der Waals surface area contributed by atoms with E-state index in [0.29, 0.717) is 24.6 Å². The van der Waals surface area contributed by atoms with Crippen LogP contribution in [0.4, 0.5) is 0 Å². The lowest BCUT2D eigenvalue weighted by molar-refractivity contribution is 0.277. The highest BCUT2D eigenvalue weighted by Gasteiger charge is 2.29. The molecule has 2 unspecified atom stereocenters. The molecule has 0 heterocycles. The first-order chi connectivity index (χ1) is 9.16. The van der Waals surface area contributed by atoms with E-state index in [2.05, 4.69) is 62.4 Å². The molecule has 0 aliphatic rings. The number of rotatable bonds is 11. The van der Waals surface area contributed by atoms with Crippen LogP contribution in [0.5, 0.6) is 0 Å². The molecule has 0 spiro atoms. The van der Waals surface area contributed by atoms with Crippen LogP contribution in [-0.2, 0) is 0 Å². The topological polar surface area (TPSA) is 76.1 Å². The molecule has 4 nitrogen and oxygen atoms in total. The number of hydrogen-bond acceptors (Lipinski definition) is 7. The zero-order chi connectivity index (χ0) is 15.9. The fourth-order valence-corrected chi connectivity index (χ4v) is 2.39. The number of nitrogens with one attached hydrogen (secondary N) is 2. The Morgan fingerprint density at radius 1 is 0.900 bits per heavy atom. The Kier molecular flexibility index (Phi) is 9.53. The molecular formula is C13H32N4S3. The summed E-state index contributed by atoms with van der Waals surface area (Å²) in [6.07, 6.45) is 0.931. The third-order valence-electron chi connectivity index (χ3n) is 3.65. The van der Waals surface area contributed by atoms with Crippen molar-refractivity contribution < 1.29 is 0 Å². The Bertz CT molecular complexity index is 278. The summed E-state index contributed by atoms with van der Waals surface area (Å²) >= 11 is 13.0. The van der Waals surface area contributed by atoms with E-state index in [1.807, 2.05) is 6.92 Å². The molecule has 0 amide bonds. The molecule has 20 heavy (non-hydrogen) atoms. The van der Waals surface area contributed by atoms with E-state index in [9.17, 15) is 0 Å². The summed E-state index contributed by atoms with van der Waals surface area (Å²) in [5.41, 5.74) is 11.4. The monoisotopic (exact) mass is 340 g/mol. The van der Waals surface area contributed by atoms with Crippen LogP contribution >= 0.6 is 37.9 Å². The molecule has 0 aliphatic carbocycles. The summed E-state index contributed by atoms with van der Waals surface area (Å²) in [5, 5.41) is 7.05. The summed E-state index contributed by atoms with van der Waals surface area (Å²) in [6, 6.07) is 0. The molecule has 0 aliphatic heterocycles. The molecule has 0 aromatic carbocycles. The lowest BCUT2D eigenvalue weighted by atomic mass is 9.95. The fourth-order valence-electron chi connectivity index (χ4n) is 1.56.